The second kappa shape index (κ2) is 2.85. The largest absolute Gasteiger partial charge is 0.465 e. The molecule has 3 atom stereocenters. The Kier molecular flexibility index (Phi) is 1.75. The standard InChI is InChI=1S/C11H14N2O3/c1-6-8-11(3-4-16-10(11)15)5-7(13(8)2)9(14)12-6/h7-8H,1,3-5H2,2H3,(H,12,14)/t7-,8-,11-/m0/s1. The van der Waals surface area contributed by atoms with Crippen molar-refractivity contribution in [1.82, 2.24) is 10.2 Å². The van der Waals surface area contributed by atoms with Gasteiger partial charge in [-0.05, 0) is 19.9 Å². The van der Waals surface area contributed by atoms with E-state index in [9.17, 15) is 9.59 Å². The molecular formula is C11H14N2O3. The van der Waals surface area contributed by atoms with E-state index in [-0.39, 0.29) is 24.0 Å². The van der Waals surface area contributed by atoms with E-state index < -0.39 is 5.41 Å². The van der Waals surface area contributed by atoms with Crippen molar-refractivity contribution in [2.45, 2.75) is 24.9 Å². The lowest BCUT2D eigenvalue weighted by atomic mass is 9.77. The number of fused-ring (bicyclic) bond motifs is 3. The van der Waals surface area contributed by atoms with Gasteiger partial charge in [0.1, 0.15) is 0 Å². The number of piperazine rings is 1. The summed E-state index contributed by atoms with van der Waals surface area (Å²) in [6.45, 7) is 4.32. The van der Waals surface area contributed by atoms with E-state index in [1.54, 1.807) is 0 Å². The maximum absolute atomic E-state index is 11.9. The van der Waals surface area contributed by atoms with Gasteiger partial charge in [-0.2, -0.15) is 0 Å². The van der Waals surface area contributed by atoms with Crippen LogP contribution < -0.4 is 5.32 Å². The molecule has 16 heavy (non-hydrogen) atoms. The Morgan fingerprint density at radius 3 is 2.94 bits per heavy atom. The first kappa shape index (κ1) is 9.84. The molecule has 5 nitrogen and oxygen atoms in total. The summed E-state index contributed by atoms with van der Waals surface area (Å²) >= 11 is 0. The first-order valence-corrected chi connectivity index (χ1v) is 5.45. The van der Waals surface area contributed by atoms with Gasteiger partial charge in [0.2, 0.25) is 5.91 Å². The second-order valence-corrected chi connectivity index (χ2v) is 4.84. The SMILES string of the molecule is C=C1NC(=O)[C@@H]2C[C@@]3(CCOC3=O)[C@H]1N2C. The van der Waals surface area contributed by atoms with Crippen LogP contribution in [0.5, 0.6) is 0 Å². The molecule has 0 saturated carbocycles. The maximum atomic E-state index is 11.9. The van der Waals surface area contributed by atoms with Gasteiger partial charge in [-0.15, -0.1) is 0 Å². The predicted molar refractivity (Wildman–Crippen MR) is 55.2 cm³/mol. The smallest absolute Gasteiger partial charge is 0.314 e. The number of hydrogen-bond donors (Lipinski definition) is 1. The number of carbonyl (C=O) groups is 2. The molecule has 3 fully saturated rings. The number of nitrogens with one attached hydrogen (secondary N) is 1. The topological polar surface area (TPSA) is 58.6 Å². The van der Waals surface area contributed by atoms with E-state index in [4.69, 9.17) is 4.74 Å². The maximum Gasteiger partial charge on any atom is 0.314 e. The van der Waals surface area contributed by atoms with Crippen LogP contribution in [0.1, 0.15) is 12.8 Å². The summed E-state index contributed by atoms with van der Waals surface area (Å²) in [4.78, 5) is 25.6. The van der Waals surface area contributed by atoms with Crippen molar-refractivity contribution < 1.29 is 14.3 Å². The molecule has 86 valence electrons. The minimum absolute atomic E-state index is 0.0553. The van der Waals surface area contributed by atoms with Crippen molar-refractivity contribution in [3.05, 3.63) is 12.3 Å². The molecule has 0 aromatic carbocycles. The lowest BCUT2D eigenvalue weighted by Crippen LogP contribution is -2.54. The number of rotatable bonds is 0. The molecule has 3 aliphatic rings. The highest BCUT2D eigenvalue weighted by atomic mass is 16.5. The van der Waals surface area contributed by atoms with Gasteiger partial charge in [0.15, 0.2) is 0 Å². The van der Waals surface area contributed by atoms with Crippen LogP contribution in [0.25, 0.3) is 0 Å². The van der Waals surface area contributed by atoms with Gasteiger partial charge in [0.05, 0.1) is 24.1 Å². The van der Waals surface area contributed by atoms with Crippen molar-refractivity contribution in [1.29, 1.82) is 0 Å². The summed E-state index contributed by atoms with van der Waals surface area (Å²) in [5.41, 5.74) is 0.0791. The molecule has 0 aliphatic carbocycles. The van der Waals surface area contributed by atoms with Crippen LogP contribution >= 0.6 is 0 Å². The average Bonchev–Trinajstić information content (AvgIpc) is 2.66. The average molecular weight is 222 g/mol. The van der Waals surface area contributed by atoms with Crippen LogP contribution in [-0.2, 0) is 14.3 Å². The van der Waals surface area contributed by atoms with Gasteiger partial charge in [-0.1, -0.05) is 6.58 Å². The monoisotopic (exact) mass is 222 g/mol. The molecule has 3 heterocycles. The normalized spacial score (nSPS) is 42.7. The number of esters is 1. The minimum atomic E-state index is -0.546. The zero-order valence-electron chi connectivity index (χ0n) is 9.16. The van der Waals surface area contributed by atoms with E-state index in [1.807, 2.05) is 11.9 Å². The molecule has 3 aliphatic heterocycles. The zero-order valence-corrected chi connectivity index (χ0v) is 9.16. The molecule has 0 radical (unpaired) electrons. The van der Waals surface area contributed by atoms with E-state index in [0.29, 0.717) is 25.1 Å². The Hall–Kier alpha value is -1.36. The van der Waals surface area contributed by atoms with Gasteiger partial charge in [0, 0.05) is 5.70 Å². The molecule has 0 aromatic heterocycles. The van der Waals surface area contributed by atoms with Gasteiger partial charge in [-0.3, -0.25) is 14.5 Å². The number of carbonyl (C=O) groups excluding carboxylic acids is 2. The van der Waals surface area contributed by atoms with Gasteiger partial charge >= 0.3 is 5.97 Å². The van der Waals surface area contributed by atoms with E-state index in [2.05, 4.69) is 11.9 Å². The highest BCUT2D eigenvalue weighted by Crippen LogP contribution is 2.50. The summed E-state index contributed by atoms with van der Waals surface area (Å²) in [5.74, 6) is -0.232. The molecule has 5 heteroatoms. The van der Waals surface area contributed by atoms with Crippen molar-refractivity contribution >= 4 is 11.9 Å². The lowest BCUT2D eigenvalue weighted by Gasteiger charge is -2.35. The quantitative estimate of drug-likeness (QED) is 0.568. The zero-order chi connectivity index (χ0) is 11.5. The van der Waals surface area contributed by atoms with Crippen molar-refractivity contribution in [3.63, 3.8) is 0 Å². The first-order valence-electron chi connectivity index (χ1n) is 5.45. The molecule has 1 amide bonds. The van der Waals surface area contributed by atoms with Crippen LogP contribution in [0.3, 0.4) is 0 Å². The molecule has 2 bridgehead atoms. The fourth-order valence-corrected chi connectivity index (χ4v) is 3.34. The fraction of sp³-hybridized carbons (Fsp3) is 0.636. The molecule has 1 spiro atoms. The predicted octanol–water partition coefficient (Wildman–Crippen LogP) is -0.364. The number of hydrogen-bond acceptors (Lipinski definition) is 4. The molecule has 0 aromatic rings. The van der Waals surface area contributed by atoms with Gasteiger partial charge < -0.3 is 10.1 Å². The molecule has 3 rings (SSSR count). The molecule has 0 unspecified atom stereocenters. The molecule has 1 N–H and O–H groups in total. The highest BCUT2D eigenvalue weighted by Gasteiger charge is 2.63. The number of likely N-dealkylation sites (N-methyl/N-ethyl adjacent to an activating group) is 1. The van der Waals surface area contributed by atoms with Crippen LogP contribution in [0, 0.1) is 5.41 Å². The van der Waals surface area contributed by atoms with Gasteiger partial charge in [0.25, 0.3) is 0 Å². The highest BCUT2D eigenvalue weighted by molar-refractivity contribution is 5.90. The summed E-state index contributed by atoms with van der Waals surface area (Å²) < 4.78 is 5.08. The Morgan fingerprint density at radius 1 is 1.56 bits per heavy atom. The van der Waals surface area contributed by atoms with Crippen LogP contribution in [0.15, 0.2) is 12.3 Å². The van der Waals surface area contributed by atoms with Gasteiger partial charge in [-0.25, -0.2) is 0 Å². The van der Waals surface area contributed by atoms with Crippen LogP contribution in [0.4, 0.5) is 0 Å². The van der Waals surface area contributed by atoms with E-state index >= 15 is 0 Å². The van der Waals surface area contributed by atoms with Crippen LogP contribution in [-0.4, -0.2) is 42.5 Å². The lowest BCUT2D eigenvalue weighted by molar-refractivity contribution is -0.146. The minimum Gasteiger partial charge on any atom is -0.465 e. The summed E-state index contributed by atoms with van der Waals surface area (Å²) in [6, 6.07) is -0.327. The Balaban J connectivity index is 2.08. The van der Waals surface area contributed by atoms with Crippen molar-refractivity contribution in [3.8, 4) is 0 Å². The third-order valence-electron chi connectivity index (χ3n) is 4.08. The van der Waals surface area contributed by atoms with E-state index in [0.717, 1.165) is 0 Å². The summed E-state index contributed by atoms with van der Waals surface area (Å²) in [7, 11) is 1.87. The number of nitrogens with zero attached hydrogens (tertiary/aromatic N) is 1. The number of ether oxygens (including phenoxy) is 1. The van der Waals surface area contributed by atoms with E-state index in [1.165, 1.54) is 0 Å². The molecular weight excluding hydrogens is 208 g/mol. The Bertz CT molecular complexity index is 406. The Labute approximate surface area is 93.4 Å². The van der Waals surface area contributed by atoms with Crippen molar-refractivity contribution in [2.24, 2.45) is 5.41 Å². The Morgan fingerprint density at radius 2 is 2.31 bits per heavy atom. The third kappa shape index (κ3) is 0.942. The van der Waals surface area contributed by atoms with Crippen molar-refractivity contribution in [2.75, 3.05) is 13.7 Å². The fourth-order valence-electron chi connectivity index (χ4n) is 3.34. The molecule has 3 saturated heterocycles. The van der Waals surface area contributed by atoms with Crippen LogP contribution in [0.2, 0.25) is 0 Å². The number of cyclic esters (lactones) is 1. The second-order valence-electron chi connectivity index (χ2n) is 4.84. The third-order valence-corrected chi connectivity index (χ3v) is 4.08. The first-order chi connectivity index (χ1) is 7.56. The summed E-state index contributed by atoms with van der Waals surface area (Å²) in [5, 5.41) is 2.76. The summed E-state index contributed by atoms with van der Waals surface area (Å²) in [6.07, 6.45) is 1.24. The number of amides is 1.